The van der Waals surface area contributed by atoms with Crippen molar-refractivity contribution in [2.75, 3.05) is 4.90 Å². The van der Waals surface area contributed by atoms with Crippen molar-refractivity contribution in [3.05, 3.63) is 98.9 Å². The maximum Gasteiger partial charge on any atom is 0.298 e. The summed E-state index contributed by atoms with van der Waals surface area (Å²) < 4.78 is 5.77. The molecular formula is C23H15Cl2NO3S. The molecule has 0 aromatic heterocycles. The molecule has 0 atom stereocenters. The van der Waals surface area contributed by atoms with Gasteiger partial charge in [-0.05, 0) is 77.5 Å². The van der Waals surface area contributed by atoms with Crippen LogP contribution in [0.1, 0.15) is 11.1 Å². The van der Waals surface area contributed by atoms with Crippen LogP contribution in [-0.2, 0) is 11.4 Å². The van der Waals surface area contributed by atoms with Crippen molar-refractivity contribution in [1.29, 1.82) is 0 Å². The molecule has 1 fully saturated rings. The second-order valence-corrected chi connectivity index (χ2v) is 8.34. The third-order valence-corrected chi connectivity index (χ3v) is 5.75. The molecule has 2 amide bonds. The van der Waals surface area contributed by atoms with Gasteiger partial charge in [0.05, 0.1) is 10.6 Å². The molecule has 7 heteroatoms. The maximum absolute atomic E-state index is 12.7. The SMILES string of the molecule is O=C1S/C(=C\c2ccc(OCc3ccc(Cl)cc3)cc2)C(=O)N1c1ccc(Cl)cc1. The van der Waals surface area contributed by atoms with Gasteiger partial charge in [-0.3, -0.25) is 9.59 Å². The zero-order valence-corrected chi connectivity index (χ0v) is 17.9. The monoisotopic (exact) mass is 455 g/mol. The Balaban J connectivity index is 1.44. The first-order chi connectivity index (χ1) is 14.5. The molecule has 0 bridgehead atoms. The Labute approximate surface area is 188 Å². The summed E-state index contributed by atoms with van der Waals surface area (Å²) in [5.41, 5.74) is 2.31. The van der Waals surface area contributed by atoms with E-state index in [2.05, 4.69) is 0 Å². The quantitative estimate of drug-likeness (QED) is 0.396. The van der Waals surface area contributed by atoms with Gasteiger partial charge >= 0.3 is 0 Å². The van der Waals surface area contributed by atoms with Crippen LogP contribution in [0.4, 0.5) is 10.5 Å². The molecule has 0 aliphatic carbocycles. The Morgan fingerprint density at radius 2 is 1.43 bits per heavy atom. The summed E-state index contributed by atoms with van der Waals surface area (Å²) in [4.78, 5) is 26.6. The zero-order valence-electron chi connectivity index (χ0n) is 15.5. The first-order valence-corrected chi connectivity index (χ1v) is 10.6. The minimum Gasteiger partial charge on any atom is -0.489 e. The van der Waals surface area contributed by atoms with Gasteiger partial charge in [-0.1, -0.05) is 47.5 Å². The number of nitrogens with zero attached hydrogens (tertiary/aromatic N) is 1. The second kappa shape index (κ2) is 8.96. The van der Waals surface area contributed by atoms with E-state index in [4.69, 9.17) is 27.9 Å². The van der Waals surface area contributed by atoms with Gasteiger partial charge in [0.15, 0.2) is 0 Å². The molecule has 150 valence electrons. The number of ether oxygens (including phenoxy) is 1. The normalized spacial score (nSPS) is 15.1. The van der Waals surface area contributed by atoms with Gasteiger partial charge < -0.3 is 4.74 Å². The molecule has 0 spiro atoms. The van der Waals surface area contributed by atoms with E-state index in [1.807, 2.05) is 48.5 Å². The third kappa shape index (κ3) is 4.70. The van der Waals surface area contributed by atoms with Crippen LogP contribution in [0.5, 0.6) is 5.75 Å². The van der Waals surface area contributed by atoms with Crippen molar-refractivity contribution >= 4 is 57.9 Å². The lowest BCUT2D eigenvalue weighted by Gasteiger charge is -2.12. The van der Waals surface area contributed by atoms with Gasteiger partial charge in [-0.15, -0.1) is 0 Å². The summed E-state index contributed by atoms with van der Waals surface area (Å²) in [7, 11) is 0. The summed E-state index contributed by atoms with van der Waals surface area (Å²) in [5, 5.41) is 0.889. The van der Waals surface area contributed by atoms with Crippen LogP contribution in [0.25, 0.3) is 6.08 Å². The number of anilines is 1. The molecule has 1 heterocycles. The van der Waals surface area contributed by atoms with Crippen LogP contribution in [-0.4, -0.2) is 11.1 Å². The number of benzene rings is 3. The van der Waals surface area contributed by atoms with Gasteiger partial charge in [-0.2, -0.15) is 0 Å². The van der Waals surface area contributed by atoms with Crippen LogP contribution >= 0.6 is 35.0 Å². The number of halogens is 2. The minimum absolute atomic E-state index is 0.337. The van der Waals surface area contributed by atoms with Crippen molar-refractivity contribution < 1.29 is 14.3 Å². The number of hydrogen-bond acceptors (Lipinski definition) is 4. The molecular weight excluding hydrogens is 441 g/mol. The molecule has 4 nitrogen and oxygen atoms in total. The van der Waals surface area contributed by atoms with Crippen molar-refractivity contribution in [1.82, 2.24) is 0 Å². The molecule has 1 aliphatic heterocycles. The predicted molar refractivity (Wildman–Crippen MR) is 122 cm³/mol. The van der Waals surface area contributed by atoms with Gasteiger partial charge in [0.1, 0.15) is 12.4 Å². The largest absolute Gasteiger partial charge is 0.489 e. The Morgan fingerprint density at radius 3 is 2.07 bits per heavy atom. The first-order valence-electron chi connectivity index (χ1n) is 9.00. The first kappa shape index (κ1) is 20.5. The molecule has 30 heavy (non-hydrogen) atoms. The Kier molecular flexibility index (Phi) is 6.13. The van der Waals surface area contributed by atoms with Crippen LogP contribution in [0, 0.1) is 0 Å². The molecule has 0 radical (unpaired) electrons. The van der Waals surface area contributed by atoms with Crippen LogP contribution in [0.15, 0.2) is 77.7 Å². The fourth-order valence-corrected chi connectivity index (χ4v) is 3.93. The highest BCUT2D eigenvalue weighted by Gasteiger charge is 2.36. The maximum atomic E-state index is 12.7. The van der Waals surface area contributed by atoms with E-state index in [1.165, 1.54) is 0 Å². The lowest BCUT2D eigenvalue weighted by atomic mass is 10.2. The summed E-state index contributed by atoms with van der Waals surface area (Å²) in [5.74, 6) is 0.353. The van der Waals surface area contributed by atoms with Crippen LogP contribution in [0.2, 0.25) is 10.0 Å². The number of rotatable bonds is 5. The molecule has 4 rings (SSSR count). The molecule has 0 unspecified atom stereocenters. The standard InChI is InChI=1S/C23H15Cl2NO3S/c24-17-5-1-16(2-6-17)14-29-20-11-3-15(4-12-20)13-21-22(27)26(23(28)30-21)19-9-7-18(25)8-10-19/h1-13H,14H2/b21-13-. The number of hydrogen-bond donors (Lipinski definition) is 0. The summed E-state index contributed by atoms with van der Waals surface area (Å²) in [6.07, 6.45) is 1.70. The molecule has 3 aromatic rings. The highest BCUT2D eigenvalue weighted by atomic mass is 35.5. The highest BCUT2D eigenvalue weighted by Crippen LogP contribution is 2.36. The summed E-state index contributed by atoms with van der Waals surface area (Å²) in [6, 6.07) is 21.4. The van der Waals surface area contributed by atoms with E-state index in [-0.39, 0.29) is 11.1 Å². The molecule has 1 aliphatic rings. The second-order valence-electron chi connectivity index (χ2n) is 6.48. The average Bonchev–Trinajstić information content (AvgIpc) is 3.02. The number of carbonyl (C=O) groups is 2. The van der Waals surface area contributed by atoms with E-state index < -0.39 is 0 Å². The Morgan fingerprint density at radius 1 is 0.833 bits per heavy atom. The predicted octanol–water partition coefficient (Wildman–Crippen LogP) is 6.81. The van der Waals surface area contributed by atoms with Gasteiger partial charge in [-0.25, -0.2) is 4.90 Å². The minimum atomic E-state index is -0.351. The number of carbonyl (C=O) groups excluding carboxylic acids is 2. The van der Waals surface area contributed by atoms with E-state index in [1.54, 1.807) is 30.3 Å². The molecule has 0 saturated carbocycles. The Hall–Kier alpha value is -2.73. The van der Waals surface area contributed by atoms with E-state index in [9.17, 15) is 9.59 Å². The fraction of sp³-hybridized carbons (Fsp3) is 0.0435. The molecule has 1 saturated heterocycles. The van der Waals surface area contributed by atoms with Crippen molar-refractivity contribution in [3.8, 4) is 5.75 Å². The average molecular weight is 456 g/mol. The fourth-order valence-electron chi connectivity index (χ4n) is 2.84. The zero-order chi connectivity index (χ0) is 21.1. The lowest BCUT2D eigenvalue weighted by Crippen LogP contribution is -2.27. The van der Waals surface area contributed by atoms with Gasteiger partial charge in [0.2, 0.25) is 0 Å². The molecule has 3 aromatic carbocycles. The Bertz CT molecular complexity index is 1110. The lowest BCUT2D eigenvalue weighted by molar-refractivity contribution is -0.113. The number of thioether (sulfide) groups is 1. The van der Waals surface area contributed by atoms with E-state index in [0.717, 1.165) is 27.8 Å². The third-order valence-electron chi connectivity index (χ3n) is 4.38. The van der Waals surface area contributed by atoms with Crippen LogP contribution in [0.3, 0.4) is 0 Å². The van der Waals surface area contributed by atoms with Crippen molar-refractivity contribution in [3.63, 3.8) is 0 Å². The highest BCUT2D eigenvalue weighted by molar-refractivity contribution is 8.19. The number of imide groups is 1. The van der Waals surface area contributed by atoms with Gasteiger partial charge in [0, 0.05) is 10.0 Å². The van der Waals surface area contributed by atoms with Crippen molar-refractivity contribution in [2.45, 2.75) is 6.61 Å². The van der Waals surface area contributed by atoms with Crippen molar-refractivity contribution in [2.24, 2.45) is 0 Å². The van der Waals surface area contributed by atoms with E-state index in [0.29, 0.717) is 33.0 Å². The summed E-state index contributed by atoms with van der Waals surface area (Å²) in [6.45, 7) is 0.427. The molecule has 0 N–H and O–H groups in total. The smallest absolute Gasteiger partial charge is 0.298 e. The summed E-state index contributed by atoms with van der Waals surface area (Å²) >= 11 is 12.7. The topological polar surface area (TPSA) is 46.6 Å². The van der Waals surface area contributed by atoms with Gasteiger partial charge in [0.25, 0.3) is 11.1 Å². The number of amides is 2. The van der Waals surface area contributed by atoms with Crippen LogP contribution < -0.4 is 9.64 Å². The van der Waals surface area contributed by atoms with E-state index >= 15 is 0 Å².